The van der Waals surface area contributed by atoms with Gasteiger partial charge in [0.25, 0.3) is 5.91 Å². The molecule has 0 aliphatic carbocycles. The molecule has 1 atom stereocenters. The summed E-state index contributed by atoms with van der Waals surface area (Å²) in [7, 11) is 0. The SMILES string of the molecule is CCc1oc(C(=O)NC(c2nc3ccccc3[nH]2)C(C)C)cc1C(=O)O. The molecule has 0 aliphatic rings. The van der Waals surface area contributed by atoms with Crippen molar-refractivity contribution in [3.63, 3.8) is 0 Å². The molecule has 0 fully saturated rings. The Kier molecular flexibility index (Phi) is 4.79. The largest absolute Gasteiger partial charge is 0.478 e. The van der Waals surface area contributed by atoms with Gasteiger partial charge in [-0.1, -0.05) is 32.9 Å². The number of aromatic amines is 1. The van der Waals surface area contributed by atoms with Crippen molar-refractivity contribution in [3.05, 3.63) is 53.2 Å². The number of nitrogens with zero attached hydrogens (tertiary/aromatic N) is 1. The van der Waals surface area contributed by atoms with Crippen LogP contribution in [0.5, 0.6) is 0 Å². The van der Waals surface area contributed by atoms with Gasteiger partial charge in [0.2, 0.25) is 0 Å². The summed E-state index contributed by atoms with van der Waals surface area (Å²) < 4.78 is 5.44. The molecular weight excluding hydrogens is 334 g/mol. The Bertz CT molecular complexity index is 922. The van der Waals surface area contributed by atoms with Crippen LogP contribution in [0.25, 0.3) is 11.0 Å². The lowest BCUT2D eigenvalue weighted by Gasteiger charge is -2.19. The van der Waals surface area contributed by atoms with Crippen LogP contribution in [0.15, 0.2) is 34.7 Å². The Labute approximate surface area is 150 Å². The molecule has 2 heterocycles. The van der Waals surface area contributed by atoms with Gasteiger partial charge in [-0.3, -0.25) is 4.79 Å². The van der Waals surface area contributed by atoms with E-state index in [1.165, 1.54) is 6.07 Å². The van der Waals surface area contributed by atoms with Crippen molar-refractivity contribution >= 4 is 22.9 Å². The van der Waals surface area contributed by atoms with Crippen LogP contribution >= 0.6 is 0 Å². The molecule has 1 unspecified atom stereocenters. The monoisotopic (exact) mass is 355 g/mol. The quantitative estimate of drug-likeness (QED) is 0.627. The first kappa shape index (κ1) is 17.7. The zero-order valence-corrected chi connectivity index (χ0v) is 14.9. The lowest BCUT2D eigenvalue weighted by Crippen LogP contribution is -2.32. The van der Waals surface area contributed by atoms with E-state index in [4.69, 9.17) is 4.42 Å². The molecule has 26 heavy (non-hydrogen) atoms. The number of aryl methyl sites for hydroxylation is 1. The van der Waals surface area contributed by atoms with Crippen LogP contribution in [0.4, 0.5) is 0 Å². The molecule has 3 aromatic rings. The summed E-state index contributed by atoms with van der Waals surface area (Å²) in [6.07, 6.45) is 0.395. The highest BCUT2D eigenvalue weighted by molar-refractivity contribution is 5.96. The summed E-state index contributed by atoms with van der Waals surface area (Å²) in [5.41, 5.74) is 1.73. The summed E-state index contributed by atoms with van der Waals surface area (Å²) in [6.45, 7) is 5.72. The topological polar surface area (TPSA) is 108 Å². The molecule has 3 N–H and O–H groups in total. The van der Waals surface area contributed by atoms with Gasteiger partial charge < -0.3 is 19.8 Å². The minimum absolute atomic E-state index is 0.0130. The van der Waals surface area contributed by atoms with Crippen LogP contribution in [0.3, 0.4) is 0 Å². The average Bonchev–Trinajstić information content (AvgIpc) is 3.22. The van der Waals surface area contributed by atoms with Gasteiger partial charge in [0.15, 0.2) is 5.76 Å². The van der Waals surface area contributed by atoms with E-state index in [0.29, 0.717) is 12.2 Å². The fourth-order valence-electron chi connectivity index (χ4n) is 2.87. The zero-order valence-electron chi connectivity index (χ0n) is 14.9. The third kappa shape index (κ3) is 3.33. The average molecular weight is 355 g/mol. The van der Waals surface area contributed by atoms with Crippen molar-refractivity contribution in [3.8, 4) is 0 Å². The van der Waals surface area contributed by atoms with Crippen molar-refractivity contribution in [2.75, 3.05) is 0 Å². The van der Waals surface area contributed by atoms with Crippen molar-refractivity contribution < 1.29 is 19.1 Å². The first-order chi connectivity index (χ1) is 12.4. The number of hydrogen-bond acceptors (Lipinski definition) is 4. The van der Waals surface area contributed by atoms with E-state index in [1.54, 1.807) is 6.92 Å². The van der Waals surface area contributed by atoms with E-state index in [2.05, 4.69) is 15.3 Å². The van der Waals surface area contributed by atoms with E-state index >= 15 is 0 Å². The van der Waals surface area contributed by atoms with Crippen molar-refractivity contribution in [2.45, 2.75) is 33.2 Å². The van der Waals surface area contributed by atoms with Crippen LogP contribution in [0.2, 0.25) is 0 Å². The number of carbonyl (C=O) groups excluding carboxylic acids is 1. The fraction of sp³-hybridized carbons (Fsp3) is 0.316. The second-order valence-electron chi connectivity index (χ2n) is 6.44. The van der Waals surface area contributed by atoms with E-state index < -0.39 is 11.9 Å². The maximum atomic E-state index is 12.6. The molecule has 0 saturated heterocycles. The number of hydrogen-bond donors (Lipinski definition) is 3. The number of para-hydroxylation sites is 2. The number of rotatable bonds is 6. The maximum absolute atomic E-state index is 12.6. The summed E-state index contributed by atoms with van der Waals surface area (Å²) in [5.74, 6) is -0.587. The summed E-state index contributed by atoms with van der Waals surface area (Å²) in [4.78, 5) is 31.7. The van der Waals surface area contributed by atoms with Gasteiger partial charge in [0, 0.05) is 12.5 Å². The molecular formula is C19H21N3O4. The predicted octanol–water partition coefficient (Wildman–Crippen LogP) is 3.54. The third-order valence-electron chi connectivity index (χ3n) is 4.24. The molecule has 3 rings (SSSR count). The van der Waals surface area contributed by atoms with Gasteiger partial charge >= 0.3 is 5.97 Å². The Morgan fingerprint density at radius 3 is 2.62 bits per heavy atom. The number of H-pyrrole nitrogens is 1. The summed E-state index contributed by atoms with van der Waals surface area (Å²) >= 11 is 0. The molecule has 1 aromatic carbocycles. The number of amides is 1. The molecule has 7 heteroatoms. The number of aromatic carboxylic acids is 1. The van der Waals surface area contributed by atoms with Crippen molar-refractivity contribution in [1.82, 2.24) is 15.3 Å². The lowest BCUT2D eigenvalue weighted by atomic mass is 10.0. The standard InChI is InChI=1S/C19H21N3O4/c1-4-14-11(19(24)25)9-15(26-14)18(23)22-16(10(2)3)17-20-12-7-5-6-8-13(12)21-17/h5-10,16H,4H2,1-3H3,(H,20,21)(H,22,23)(H,24,25). The van der Waals surface area contributed by atoms with Crippen LogP contribution in [-0.2, 0) is 6.42 Å². The van der Waals surface area contributed by atoms with Gasteiger partial charge in [0.1, 0.15) is 17.1 Å². The number of benzene rings is 1. The van der Waals surface area contributed by atoms with Gasteiger partial charge in [0.05, 0.1) is 17.1 Å². The minimum Gasteiger partial charge on any atom is -0.478 e. The van der Waals surface area contributed by atoms with Gasteiger partial charge in [-0.15, -0.1) is 0 Å². The van der Waals surface area contributed by atoms with Crippen molar-refractivity contribution in [1.29, 1.82) is 0 Å². The molecule has 0 radical (unpaired) electrons. The molecule has 2 aromatic heterocycles. The number of carboxylic acid groups (broad SMARTS) is 1. The summed E-state index contributed by atoms with van der Waals surface area (Å²) in [5, 5.41) is 12.1. The predicted molar refractivity (Wildman–Crippen MR) is 96.2 cm³/mol. The van der Waals surface area contributed by atoms with Gasteiger partial charge in [-0.05, 0) is 18.1 Å². The molecule has 0 bridgehead atoms. The smallest absolute Gasteiger partial charge is 0.339 e. The molecule has 0 spiro atoms. The van der Waals surface area contributed by atoms with E-state index in [-0.39, 0.29) is 29.0 Å². The highest BCUT2D eigenvalue weighted by Gasteiger charge is 2.26. The minimum atomic E-state index is -1.11. The Morgan fingerprint density at radius 2 is 2.04 bits per heavy atom. The molecule has 0 saturated carbocycles. The zero-order chi connectivity index (χ0) is 18.8. The molecule has 136 valence electrons. The summed E-state index contributed by atoms with van der Waals surface area (Å²) in [6, 6.07) is 8.54. The van der Waals surface area contributed by atoms with Gasteiger partial charge in [-0.25, -0.2) is 9.78 Å². The number of furan rings is 1. The van der Waals surface area contributed by atoms with Gasteiger partial charge in [-0.2, -0.15) is 0 Å². The van der Waals surface area contributed by atoms with Crippen LogP contribution in [0, 0.1) is 5.92 Å². The fourth-order valence-corrected chi connectivity index (χ4v) is 2.87. The van der Waals surface area contributed by atoms with Crippen LogP contribution in [0.1, 0.15) is 59.3 Å². The second kappa shape index (κ2) is 7.03. The number of imidazole rings is 1. The maximum Gasteiger partial charge on any atom is 0.339 e. The Hall–Kier alpha value is -3.09. The Balaban J connectivity index is 1.88. The lowest BCUT2D eigenvalue weighted by molar-refractivity contribution is 0.0694. The number of aromatic nitrogens is 2. The number of carboxylic acids is 1. The first-order valence-electron chi connectivity index (χ1n) is 8.52. The normalized spacial score (nSPS) is 12.5. The van der Waals surface area contributed by atoms with Crippen LogP contribution < -0.4 is 5.32 Å². The third-order valence-corrected chi connectivity index (χ3v) is 4.24. The molecule has 1 amide bonds. The first-order valence-corrected chi connectivity index (χ1v) is 8.52. The van der Waals surface area contributed by atoms with E-state index in [0.717, 1.165) is 11.0 Å². The number of nitrogens with one attached hydrogen (secondary N) is 2. The number of carbonyl (C=O) groups is 2. The van der Waals surface area contributed by atoms with Crippen molar-refractivity contribution in [2.24, 2.45) is 5.92 Å². The molecule has 0 aliphatic heterocycles. The Morgan fingerprint density at radius 1 is 1.31 bits per heavy atom. The molecule has 7 nitrogen and oxygen atoms in total. The number of fused-ring (bicyclic) bond motifs is 1. The highest BCUT2D eigenvalue weighted by Crippen LogP contribution is 2.24. The highest BCUT2D eigenvalue weighted by atomic mass is 16.4. The second-order valence-corrected chi connectivity index (χ2v) is 6.44. The van der Waals surface area contributed by atoms with E-state index in [9.17, 15) is 14.7 Å². The van der Waals surface area contributed by atoms with Crippen LogP contribution in [-0.4, -0.2) is 27.0 Å². The van der Waals surface area contributed by atoms with E-state index in [1.807, 2.05) is 38.1 Å².